The summed E-state index contributed by atoms with van der Waals surface area (Å²) in [6, 6.07) is 5.73. The van der Waals surface area contributed by atoms with Crippen molar-refractivity contribution in [2.75, 3.05) is 26.2 Å². The number of hydrogen-bond acceptors (Lipinski definition) is 4. The Bertz CT molecular complexity index is 722. The van der Waals surface area contributed by atoms with Crippen LogP contribution < -0.4 is 5.32 Å². The van der Waals surface area contributed by atoms with Crippen LogP contribution in [0.5, 0.6) is 0 Å². The molecule has 2 aliphatic heterocycles. The monoisotopic (exact) mass is 386 g/mol. The second kappa shape index (κ2) is 8.71. The molecule has 0 radical (unpaired) electrons. The largest absolute Gasteiger partial charge is 0.347 e. The van der Waals surface area contributed by atoms with E-state index >= 15 is 0 Å². The highest BCUT2D eigenvalue weighted by atomic mass is 16.2. The number of rotatable bonds is 5. The van der Waals surface area contributed by atoms with E-state index in [1.54, 1.807) is 6.20 Å². The maximum absolute atomic E-state index is 12.6. The van der Waals surface area contributed by atoms with Crippen LogP contribution in [0, 0.1) is 11.3 Å². The molecule has 3 heterocycles. The zero-order valence-electron chi connectivity index (χ0n) is 16.8. The number of nitrogens with one attached hydrogen (secondary N) is 1. The molecule has 1 N–H and O–H groups in total. The molecule has 28 heavy (non-hydrogen) atoms. The first-order valence-electron chi connectivity index (χ1n) is 10.1. The third kappa shape index (κ3) is 4.88. The molecule has 2 aliphatic rings. The van der Waals surface area contributed by atoms with Crippen LogP contribution in [-0.2, 0) is 20.9 Å². The van der Waals surface area contributed by atoms with Crippen molar-refractivity contribution >= 4 is 17.7 Å². The molecular formula is C21H30N4O3. The Labute approximate surface area is 166 Å². The number of aromatic nitrogens is 1. The number of nitrogens with zero attached hydrogens (tertiary/aromatic N) is 3. The molecule has 0 saturated carbocycles. The first-order chi connectivity index (χ1) is 13.4. The van der Waals surface area contributed by atoms with Gasteiger partial charge in [0.15, 0.2) is 0 Å². The van der Waals surface area contributed by atoms with Crippen LogP contribution in [0.1, 0.15) is 45.2 Å². The van der Waals surface area contributed by atoms with Crippen molar-refractivity contribution in [1.82, 2.24) is 20.1 Å². The van der Waals surface area contributed by atoms with Gasteiger partial charge >= 0.3 is 0 Å². The number of likely N-dealkylation sites (tertiary alicyclic amines) is 2. The smallest absolute Gasteiger partial charge is 0.241 e. The van der Waals surface area contributed by atoms with E-state index in [-0.39, 0.29) is 35.6 Å². The van der Waals surface area contributed by atoms with E-state index in [0.29, 0.717) is 32.6 Å². The van der Waals surface area contributed by atoms with Gasteiger partial charge in [0, 0.05) is 43.6 Å². The highest BCUT2D eigenvalue weighted by molar-refractivity contribution is 5.85. The van der Waals surface area contributed by atoms with Crippen molar-refractivity contribution in [2.24, 2.45) is 11.3 Å². The molecular weight excluding hydrogens is 356 g/mol. The van der Waals surface area contributed by atoms with Crippen molar-refractivity contribution < 1.29 is 14.4 Å². The molecule has 0 unspecified atom stereocenters. The van der Waals surface area contributed by atoms with Crippen molar-refractivity contribution in [3.8, 4) is 0 Å². The predicted octanol–water partition coefficient (Wildman–Crippen LogP) is 1.58. The van der Waals surface area contributed by atoms with Gasteiger partial charge in [-0.05, 0) is 31.4 Å². The lowest BCUT2D eigenvalue weighted by Crippen LogP contribution is -2.56. The van der Waals surface area contributed by atoms with Crippen LogP contribution in [-0.4, -0.2) is 58.7 Å². The summed E-state index contributed by atoms with van der Waals surface area (Å²) in [6.07, 6.45) is 5.01. The standard InChI is InChI=1S/C21H30N4O3/c1-16(2)20(28)23-12-19(27)24-11-5-8-21(14-24)9-7-18(26)25(15-21)13-17-6-3-4-10-22-17/h3-4,6,10,16H,5,7-9,11-15H2,1-2H3,(H,23,28)/t21-/m1/s1. The molecule has 7 nitrogen and oxygen atoms in total. The van der Waals surface area contributed by atoms with Gasteiger partial charge in [0.2, 0.25) is 17.7 Å². The number of carbonyl (C=O) groups is 3. The van der Waals surface area contributed by atoms with E-state index < -0.39 is 0 Å². The average Bonchev–Trinajstić information content (AvgIpc) is 2.69. The Morgan fingerprint density at radius 2 is 2.07 bits per heavy atom. The van der Waals surface area contributed by atoms with Crippen LogP contribution in [0.3, 0.4) is 0 Å². The van der Waals surface area contributed by atoms with Gasteiger partial charge in [0.25, 0.3) is 0 Å². The van der Waals surface area contributed by atoms with E-state index in [9.17, 15) is 14.4 Å². The molecule has 2 fully saturated rings. The highest BCUT2D eigenvalue weighted by Crippen LogP contribution is 2.39. The lowest BCUT2D eigenvalue weighted by atomic mass is 9.73. The third-order valence-corrected chi connectivity index (χ3v) is 5.78. The SMILES string of the molecule is CC(C)C(=O)NCC(=O)N1CCC[C@@]2(CCC(=O)N(Cc3ccccn3)C2)C1. The molecule has 7 heteroatoms. The molecule has 3 rings (SSSR count). The number of pyridine rings is 1. The fraction of sp³-hybridized carbons (Fsp3) is 0.619. The summed E-state index contributed by atoms with van der Waals surface area (Å²) in [6.45, 7) is 6.20. The lowest BCUT2D eigenvalue weighted by Gasteiger charge is -2.48. The number of carbonyl (C=O) groups excluding carboxylic acids is 3. The topological polar surface area (TPSA) is 82.6 Å². The summed E-state index contributed by atoms with van der Waals surface area (Å²) in [7, 11) is 0. The normalized spacial score (nSPS) is 22.6. The fourth-order valence-corrected chi connectivity index (χ4v) is 4.17. The quantitative estimate of drug-likeness (QED) is 0.833. The summed E-state index contributed by atoms with van der Waals surface area (Å²) in [4.78, 5) is 44.9. The summed E-state index contributed by atoms with van der Waals surface area (Å²) in [5.41, 5.74) is 0.826. The van der Waals surface area contributed by atoms with Gasteiger partial charge in [0.05, 0.1) is 18.8 Å². The van der Waals surface area contributed by atoms with Gasteiger partial charge in [-0.2, -0.15) is 0 Å². The Balaban J connectivity index is 1.62. The summed E-state index contributed by atoms with van der Waals surface area (Å²) in [5, 5.41) is 2.72. The minimum Gasteiger partial charge on any atom is -0.347 e. The van der Waals surface area contributed by atoms with Gasteiger partial charge in [-0.25, -0.2) is 0 Å². The molecule has 2 saturated heterocycles. The molecule has 1 spiro atoms. The minimum absolute atomic E-state index is 0.0405. The Morgan fingerprint density at radius 3 is 2.79 bits per heavy atom. The third-order valence-electron chi connectivity index (χ3n) is 5.78. The Kier molecular flexibility index (Phi) is 6.31. The molecule has 1 atom stereocenters. The van der Waals surface area contributed by atoms with Gasteiger partial charge in [0.1, 0.15) is 0 Å². The summed E-state index contributed by atoms with van der Waals surface area (Å²) in [5.74, 6) is -0.125. The van der Waals surface area contributed by atoms with E-state index in [2.05, 4.69) is 10.3 Å². The predicted molar refractivity (Wildman–Crippen MR) is 105 cm³/mol. The van der Waals surface area contributed by atoms with Gasteiger partial charge in [-0.15, -0.1) is 0 Å². The maximum atomic E-state index is 12.6. The summed E-state index contributed by atoms with van der Waals surface area (Å²) >= 11 is 0. The minimum atomic E-state index is -0.134. The molecule has 3 amide bonds. The van der Waals surface area contributed by atoms with E-state index in [1.807, 2.05) is 41.8 Å². The van der Waals surface area contributed by atoms with Crippen molar-refractivity contribution in [2.45, 2.75) is 46.1 Å². The first-order valence-corrected chi connectivity index (χ1v) is 10.1. The van der Waals surface area contributed by atoms with Gasteiger partial charge < -0.3 is 15.1 Å². The van der Waals surface area contributed by atoms with Gasteiger partial charge in [-0.1, -0.05) is 19.9 Å². The van der Waals surface area contributed by atoms with Crippen LogP contribution in [0.4, 0.5) is 0 Å². The van der Waals surface area contributed by atoms with Crippen LogP contribution in [0.15, 0.2) is 24.4 Å². The van der Waals surface area contributed by atoms with Crippen molar-refractivity contribution in [3.63, 3.8) is 0 Å². The molecule has 0 aromatic carbocycles. The van der Waals surface area contributed by atoms with Crippen molar-refractivity contribution in [1.29, 1.82) is 0 Å². The second-order valence-electron chi connectivity index (χ2n) is 8.36. The number of hydrogen-bond donors (Lipinski definition) is 1. The lowest BCUT2D eigenvalue weighted by molar-refractivity contribution is -0.144. The highest BCUT2D eigenvalue weighted by Gasteiger charge is 2.42. The maximum Gasteiger partial charge on any atom is 0.241 e. The molecule has 0 bridgehead atoms. The zero-order chi connectivity index (χ0) is 20.1. The molecule has 1 aromatic heterocycles. The van der Waals surface area contributed by atoms with E-state index in [0.717, 1.165) is 25.0 Å². The van der Waals surface area contributed by atoms with E-state index in [1.165, 1.54) is 0 Å². The van der Waals surface area contributed by atoms with Gasteiger partial charge in [-0.3, -0.25) is 19.4 Å². The Hall–Kier alpha value is -2.44. The van der Waals surface area contributed by atoms with Crippen LogP contribution in [0.2, 0.25) is 0 Å². The Morgan fingerprint density at radius 1 is 1.25 bits per heavy atom. The fourth-order valence-electron chi connectivity index (χ4n) is 4.17. The van der Waals surface area contributed by atoms with Crippen molar-refractivity contribution in [3.05, 3.63) is 30.1 Å². The zero-order valence-corrected chi connectivity index (χ0v) is 16.8. The molecule has 0 aliphatic carbocycles. The average molecular weight is 386 g/mol. The second-order valence-corrected chi connectivity index (χ2v) is 8.36. The molecule has 152 valence electrons. The number of amides is 3. The van der Waals surface area contributed by atoms with Crippen LogP contribution >= 0.6 is 0 Å². The number of piperidine rings is 2. The van der Waals surface area contributed by atoms with E-state index in [4.69, 9.17) is 0 Å². The first kappa shape index (κ1) is 20.3. The summed E-state index contributed by atoms with van der Waals surface area (Å²) < 4.78 is 0. The molecule has 1 aromatic rings. The van der Waals surface area contributed by atoms with Crippen LogP contribution in [0.25, 0.3) is 0 Å².